The molecule has 8 nitrogen and oxygen atoms in total. The van der Waals surface area contributed by atoms with Crippen molar-refractivity contribution in [2.45, 2.75) is 38.6 Å². The first-order chi connectivity index (χ1) is 14.9. The fraction of sp³-hybridized carbons (Fsp3) is 0.409. The topological polar surface area (TPSA) is 88.3 Å². The van der Waals surface area contributed by atoms with Gasteiger partial charge in [-0.15, -0.1) is 0 Å². The summed E-state index contributed by atoms with van der Waals surface area (Å²) in [6.07, 6.45) is 4.34. The average Bonchev–Trinajstić information content (AvgIpc) is 3.40. The van der Waals surface area contributed by atoms with E-state index in [1.807, 2.05) is 54.4 Å². The quantitative estimate of drug-likeness (QED) is 0.575. The molecule has 0 spiro atoms. The fourth-order valence-corrected chi connectivity index (χ4v) is 4.07. The Bertz CT molecular complexity index is 1080. The van der Waals surface area contributed by atoms with Crippen LogP contribution in [0.1, 0.15) is 42.7 Å². The number of benzene rings is 1. The molecule has 0 aliphatic carbocycles. The van der Waals surface area contributed by atoms with Crippen molar-refractivity contribution >= 4 is 23.5 Å². The molecule has 162 valence electrons. The monoisotopic (exact) mass is 440 g/mol. The number of halogens is 1. The van der Waals surface area contributed by atoms with E-state index < -0.39 is 0 Å². The molecule has 0 unspecified atom stereocenters. The Balaban J connectivity index is 1.64. The minimum absolute atomic E-state index is 0.0559. The first kappa shape index (κ1) is 21.2. The number of aryl methyl sites for hydroxylation is 2. The van der Waals surface area contributed by atoms with Crippen LogP contribution in [0.25, 0.3) is 11.1 Å². The summed E-state index contributed by atoms with van der Waals surface area (Å²) in [6.45, 7) is 2.46. The van der Waals surface area contributed by atoms with Crippen molar-refractivity contribution in [1.82, 2.24) is 25.0 Å². The molecule has 1 saturated heterocycles. The van der Waals surface area contributed by atoms with Crippen LogP contribution in [-0.2, 0) is 11.2 Å². The van der Waals surface area contributed by atoms with E-state index in [2.05, 4.69) is 15.1 Å². The molecule has 1 atom stereocenters. The van der Waals surface area contributed by atoms with Crippen LogP contribution in [0.15, 0.2) is 35.0 Å². The second-order valence-electron chi connectivity index (χ2n) is 7.85. The van der Waals surface area contributed by atoms with Gasteiger partial charge in [0, 0.05) is 50.3 Å². The van der Waals surface area contributed by atoms with E-state index in [4.69, 9.17) is 21.1 Å². The maximum absolute atomic E-state index is 13.1. The Morgan fingerprint density at radius 2 is 2.16 bits per heavy atom. The Morgan fingerprint density at radius 3 is 2.87 bits per heavy atom. The van der Waals surface area contributed by atoms with Crippen molar-refractivity contribution in [2.24, 2.45) is 0 Å². The van der Waals surface area contributed by atoms with E-state index in [1.165, 1.54) is 0 Å². The highest BCUT2D eigenvalue weighted by molar-refractivity contribution is 6.30. The maximum atomic E-state index is 13.1. The Hall–Kier alpha value is -3.00. The van der Waals surface area contributed by atoms with E-state index in [-0.39, 0.29) is 11.9 Å². The Labute approximate surface area is 186 Å². The average molecular weight is 441 g/mol. The highest BCUT2D eigenvalue weighted by atomic mass is 35.5. The number of hydrogen-bond acceptors (Lipinski definition) is 7. The molecule has 1 aromatic carbocycles. The van der Waals surface area contributed by atoms with Crippen LogP contribution in [0.2, 0.25) is 5.02 Å². The highest BCUT2D eigenvalue weighted by Gasteiger charge is 2.33. The van der Waals surface area contributed by atoms with Crippen LogP contribution in [0.4, 0.5) is 5.95 Å². The summed E-state index contributed by atoms with van der Waals surface area (Å²) in [5, 5.41) is 4.44. The molecule has 9 heteroatoms. The summed E-state index contributed by atoms with van der Waals surface area (Å²) >= 11 is 6.24. The fourth-order valence-electron chi connectivity index (χ4n) is 3.88. The normalized spacial score (nSPS) is 16.0. The summed E-state index contributed by atoms with van der Waals surface area (Å²) in [7, 11) is 3.81. The Morgan fingerprint density at radius 1 is 1.32 bits per heavy atom. The smallest absolute Gasteiger partial charge is 0.227 e. The van der Waals surface area contributed by atoms with Gasteiger partial charge in [-0.05, 0) is 37.5 Å². The van der Waals surface area contributed by atoms with Crippen LogP contribution in [0.3, 0.4) is 0 Å². The molecule has 3 aromatic rings. The van der Waals surface area contributed by atoms with E-state index in [0.717, 1.165) is 29.7 Å². The molecule has 0 saturated carbocycles. The lowest BCUT2D eigenvalue weighted by atomic mass is 9.99. The summed E-state index contributed by atoms with van der Waals surface area (Å²) in [5.41, 5.74) is 2.68. The van der Waals surface area contributed by atoms with Crippen molar-refractivity contribution in [2.75, 3.05) is 25.5 Å². The number of anilines is 1. The number of hydrogen-bond donors (Lipinski definition) is 0. The van der Waals surface area contributed by atoms with Crippen molar-refractivity contribution < 1.29 is 9.32 Å². The summed E-state index contributed by atoms with van der Waals surface area (Å²) in [5.74, 6) is 1.73. The van der Waals surface area contributed by atoms with Crippen LogP contribution in [0.5, 0.6) is 0 Å². The molecule has 0 radical (unpaired) electrons. The zero-order valence-corrected chi connectivity index (χ0v) is 18.6. The highest BCUT2D eigenvalue weighted by Crippen LogP contribution is 2.38. The van der Waals surface area contributed by atoms with Gasteiger partial charge in [-0.25, -0.2) is 9.97 Å². The molecule has 31 heavy (non-hydrogen) atoms. The molecule has 0 bridgehead atoms. The third-order valence-corrected chi connectivity index (χ3v) is 5.59. The zero-order valence-electron chi connectivity index (χ0n) is 17.9. The number of nitrogens with zero attached hydrogens (tertiary/aromatic N) is 6. The van der Waals surface area contributed by atoms with E-state index in [9.17, 15) is 4.79 Å². The first-order valence-electron chi connectivity index (χ1n) is 10.3. The Kier molecular flexibility index (Phi) is 6.18. The largest absolute Gasteiger partial charge is 0.347 e. The predicted molar refractivity (Wildman–Crippen MR) is 118 cm³/mol. The lowest BCUT2D eigenvalue weighted by Gasteiger charge is -2.27. The molecule has 1 fully saturated rings. The second-order valence-corrected chi connectivity index (χ2v) is 8.29. The van der Waals surface area contributed by atoms with Gasteiger partial charge in [0.05, 0.1) is 11.7 Å². The van der Waals surface area contributed by atoms with Gasteiger partial charge in [-0.3, -0.25) is 4.79 Å². The first-order valence-corrected chi connectivity index (χ1v) is 10.7. The number of likely N-dealkylation sites (tertiary alicyclic amines) is 1. The second kappa shape index (κ2) is 9.01. The lowest BCUT2D eigenvalue weighted by Crippen LogP contribution is -2.32. The summed E-state index contributed by atoms with van der Waals surface area (Å²) < 4.78 is 5.15. The molecular weight excluding hydrogens is 416 g/mol. The van der Waals surface area contributed by atoms with Gasteiger partial charge in [0.25, 0.3) is 0 Å². The lowest BCUT2D eigenvalue weighted by molar-refractivity contribution is -0.132. The van der Waals surface area contributed by atoms with Crippen molar-refractivity contribution in [3.8, 4) is 11.1 Å². The van der Waals surface area contributed by atoms with E-state index in [0.29, 0.717) is 42.1 Å². The molecule has 1 aliphatic heterocycles. The van der Waals surface area contributed by atoms with E-state index >= 15 is 0 Å². The summed E-state index contributed by atoms with van der Waals surface area (Å²) in [4.78, 5) is 30.4. The number of carbonyl (C=O) groups is 1. The minimum Gasteiger partial charge on any atom is -0.347 e. The van der Waals surface area contributed by atoms with Gasteiger partial charge in [-0.2, -0.15) is 4.98 Å². The van der Waals surface area contributed by atoms with Crippen molar-refractivity contribution in [3.63, 3.8) is 0 Å². The van der Waals surface area contributed by atoms with Gasteiger partial charge < -0.3 is 14.3 Å². The SMILES string of the molecule is Cc1noc(CCC(=O)N2CCC[C@@H]2c2nc(N(C)C)ncc2-c2cccc(Cl)c2)n1. The summed E-state index contributed by atoms with van der Waals surface area (Å²) in [6, 6.07) is 7.52. The molecule has 0 N–H and O–H groups in total. The number of amides is 1. The third kappa shape index (κ3) is 4.69. The third-order valence-electron chi connectivity index (χ3n) is 5.35. The van der Waals surface area contributed by atoms with Gasteiger partial charge in [0.15, 0.2) is 5.82 Å². The van der Waals surface area contributed by atoms with Gasteiger partial charge in [0.2, 0.25) is 17.7 Å². The minimum atomic E-state index is -0.118. The van der Waals surface area contributed by atoms with Crippen LogP contribution in [0, 0.1) is 6.92 Å². The van der Waals surface area contributed by atoms with Crippen LogP contribution >= 0.6 is 11.6 Å². The molecular formula is C22H25ClN6O2. The molecule has 1 amide bonds. The van der Waals surface area contributed by atoms with Crippen LogP contribution in [-0.4, -0.2) is 51.6 Å². The van der Waals surface area contributed by atoms with Crippen LogP contribution < -0.4 is 4.90 Å². The number of carbonyl (C=O) groups excluding carboxylic acids is 1. The number of aromatic nitrogens is 4. The zero-order chi connectivity index (χ0) is 22.0. The van der Waals surface area contributed by atoms with Crippen molar-refractivity contribution in [1.29, 1.82) is 0 Å². The van der Waals surface area contributed by atoms with Gasteiger partial charge in [-0.1, -0.05) is 28.9 Å². The maximum Gasteiger partial charge on any atom is 0.227 e. The molecule has 1 aliphatic rings. The number of rotatable bonds is 6. The van der Waals surface area contributed by atoms with Crippen molar-refractivity contribution in [3.05, 3.63) is 52.9 Å². The standard InChI is InChI=1S/C22H25ClN6O2/c1-14-25-19(31-27-14)9-10-20(30)29-11-5-8-18(29)21-17(13-24-22(26-21)28(2)3)15-6-4-7-16(23)12-15/h4,6-7,12-13,18H,5,8-11H2,1-3H3/t18-/m1/s1. The molecule has 3 heterocycles. The van der Waals surface area contributed by atoms with E-state index in [1.54, 1.807) is 6.92 Å². The molecule has 4 rings (SSSR count). The molecule has 2 aromatic heterocycles. The van der Waals surface area contributed by atoms with Gasteiger partial charge >= 0.3 is 0 Å². The predicted octanol–water partition coefficient (Wildman–Crippen LogP) is 3.85. The van der Waals surface area contributed by atoms with Gasteiger partial charge in [0.1, 0.15) is 0 Å².